The maximum atomic E-state index is 12.4. The molecule has 134 valence electrons. The summed E-state index contributed by atoms with van der Waals surface area (Å²) in [5, 5.41) is 8.37. The van der Waals surface area contributed by atoms with Crippen molar-refractivity contribution < 1.29 is 14.0 Å². The highest BCUT2D eigenvalue weighted by Gasteiger charge is 2.20. The second kappa shape index (κ2) is 7.88. The third kappa shape index (κ3) is 5.11. The summed E-state index contributed by atoms with van der Waals surface area (Å²) in [6, 6.07) is 8.69. The molecule has 3 amide bonds. The van der Waals surface area contributed by atoms with Gasteiger partial charge in [-0.2, -0.15) is 0 Å². The van der Waals surface area contributed by atoms with Gasteiger partial charge in [-0.25, -0.2) is 4.79 Å². The lowest BCUT2D eigenvalue weighted by molar-refractivity contribution is -0.117. The van der Waals surface area contributed by atoms with E-state index in [0.717, 1.165) is 17.1 Å². The zero-order valence-electron chi connectivity index (χ0n) is 15.3. The van der Waals surface area contributed by atoms with E-state index in [2.05, 4.69) is 16.0 Å². The van der Waals surface area contributed by atoms with E-state index in [-0.39, 0.29) is 23.9 Å². The zero-order valence-corrected chi connectivity index (χ0v) is 15.3. The Labute approximate surface area is 148 Å². The Bertz CT molecular complexity index is 748. The SMILES string of the molecule is Cc1cc([C@@H](C)C(=O)Nc2ccc(NC(=O)NC(C)C)cc2)c(C)o1. The average molecular weight is 343 g/mol. The fraction of sp³-hybridized carbons (Fsp3) is 0.368. The third-order valence-electron chi connectivity index (χ3n) is 3.77. The second-order valence-electron chi connectivity index (χ2n) is 6.41. The van der Waals surface area contributed by atoms with Crippen molar-refractivity contribution in [2.24, 2.45) is 0 Å². The molecule has 1 heterocycles. The summed E-state index contributed by atoms with van der Waals surface area (Å²) in [5.74, 6) is 1.13. The highest BCUT2D eigenvalue weighted by Crippen LogP contribution is 2.24. The number of hydrogen-bond acceptors (Lipinski definition) is 3. The summed E-state index contributed by atoms with van der Waals surface area (Å²) in [6.45, 7) is 9.35. The summed E-state index contributed by atoms with van der Waals surface area (Å²) in [6.07, 6.45) is 0. The van der Waals surface area contributed by atoms with Crippen molar-refractivity contribution >= 4 is 23.3 Å². The van der Waals surface area contributed by atoms with Crippen LogP contribution in [0.4, 0.5) is 16.2 Å². The van der Waals surface area contributed by atoms with Gasteiger partial charge in [0.2, 0.25) is 5.91 Å². The van der Waals surface area contributed by atoms with Gasteiger partial charge in [-0.05, 0) is 65.0 Å². The fourth-order valence-corrected chi connectivity index (χ4v) is 2.54. The summed E-state index contributed by atoms with van der Waals surface area (Å²) in [5.41, 5.74) is 2.22. The molecule has 0 fully saturated rings. The van der Waals surface area contributed by atoms with Gasteiger partial charge < -0.3 is 20.4 Å². The normalized spacial score (nSPS) is 11.9. The fourth-order valence-electron chi connectivity index (χ4n) is 2.54. The molecular weight excluding hydrogens is 318 g/mol. The predicted molar refractivity (Wildman–Crippen MR) is 99.0 cm³/mol. The van der Waals surface area contributed by atoms with Crippen LogP contribution in [0.25, 0.3) is 0 Å². The molecule has 0 aliphatic carbocycles. The lowest BCUT2D eigenvalue weighted by Gasteiger charge is -2.13. The molecule has 2 rings (SSSR count). The molecule has 1 aromatic heterocycles. The Morgan fingerprint density at radius 1 is 0.960 bits per heavy atom. The maximum absolute atomic E-state index is 12.4. The van der Waals surface area contributed by atoms with E-state index in [1.807, 2.05) is 40.7 Å². The van der Waals surface area contributed by atoms with Crippen molar-refractivity contribution in [3.63, 3.8) is 0 Å². The summed E-state index contributed by atoms with van der Waals surface area (Å²) >= 11 is 0. The predicted octanol–water partition coefficient (Wildman–Crippen LogP) is 4.17. The van der Waals surface area contributed by atoms with Gasteiger partial charge in [-0.3, -0.25) is 4.79 Å². The topological polar surface area (TPSA) is 83.4 Å². The first kappa shape index (κ1) is 18.6. The van der Waals surface area contributed by atoms with E-state index in [1.54, 1.807) is 24.3 Å². The van der Waals surface area contributed by atoms with Gasteiger partial charge >= 0.3 is 6.03 Å². The molecule has 0 radical (unpaired) electrons. The molecule has 1 aromatic carbocycles. The number of benzene rings is 1. The Morgan fingerprint density at radius 2 is 1.52 bits per heavy atom. The number of urea groups is 1. The number of hydrogen-bond donors (Lipinski definition) is 3. The van der Waals surface area contributed by atoms with Crippen molar-refractivity contribution in [3.8, 4) is 0 Å². The van der Waals surface area contributed by atoms with Crippen LogP contribution in [0.3, 0.4) is 0 Å². The van der Waals surface area contributed by atoms with Gasteiger partial charge in [-0.15, -0.1) is 0 Å². The minimum Gasteiger partial charge on any atom is -0.466 e. The largest absolute Gasteiger partial charge is 0.466 e. The van der Waals surface area contributed by atoms with Crippen LogP contribution in [0.5, 0.6) is 0 Å². The van der Waals surface area contributed by atoms with Gasteiger partial charge in [0.15, 0.2) is 0 Å². The highest BCUT2D eigenvalue weighted by atomic mass is 16.3. The van der Waals surface area contributed by atoms with Gasteiger partial charge in [0.05, 0.1) is 5.92 Å². The molecule has 0 spiro atoms. The van der Waals surface area contributed by atoms with Crippen molar-refractivity contribution in [2.45, 2.75) is 46.6 Å². The van der Waals surface area contributed by atoms with Crippen LogP contribution >= 0.6 is 0 Å². The first-order chi connectivity index (χ1) is 11.8. The van der Waals surface area contributed by atoms with Gasteiger partial charge in [0.1, 0.15) is 11.5 Å². The third-order valence-corrected chi connectivity index (χ3v) is 3.77. The molecule has 0 aliphatic heterocycles. The Hall–Kier alpha value is -2.76. The Balaban J connectivity index is 1.97. The molecule has 6 nitrogen and oxygen atoms in total. The van der Waals surface area contributed by atoms with Crippen molar-refractivity contribution in [1.82, 2.24) is 5.32 Å². The molecule has 0 saturated heterocycles. The van der Waals surface area contributed by atoms with E-state index < -0.39 is 0 Å². The van der Waals surface area contributed by atoms with E-state index in [4.69, 9.17) is 4.42 Å². The summed E-state index contributed by atoms with van der Waals surface area (Å²) in [7, 11) is 0. The molecule has 0 saturated carbocycles. The highest BCUT2D eigenvalue weighted by molar-refractivity contribution is 5.96. The number of rotatable bonds is 5. The lowest BCUT2D eigenvalue weighted by atomic mass is 10.0. The van der Waals surface area contributed by atoms with Crippen LogP contribution < -0.4 is 16.0 Å². The minimum atomic E-state index is -0.313. The van der Waals surface area contributed by atoms with E-state index >= 15 is 0 Å². The first-order valence-corrected chi connectivity index (χ1v) is 8.31. The summed E-state index contributed by atoms with van der Waals surface area (Å²) in [4.78, 5) is 24.1. The van der Waals surface area contributed by atoms with Crippen molar-refractivity contribution in [1.29, 1.82) is 0 Å². The number of carbonyl (C=O) groups is 2. The van der Waals surface area contributed by atoms with Gasteiger partial charge in [0.25, 0.3) is 0 Å². The van der Waals surface area contributed by atoms with Crippen LogP contribution in [-0.4, -0.2) is 18.0 Å². The number of carbonyl (C=O) groups excluding carboxylic acids is 2. The minimum absolute atomic E-state index is 0.0649. The first-order valence-electron chi connectivity index (χ1n) is 8.31. The quantitative estimate of drug-likeness (QED) is 0.762. The number of aryl methyl sites for hydroxylation is 2. The van der Waals surface area contributed by atoms with E-state index in [1.165, 1.54) is 0 Å². The molecule has 6 heteroatoms. The number of anilines is 2. The Morgan fingerprint density at radius 3 is 2.00 bits per heavy atom. The van der Waals surface area contributed by atoms with Crippen LogP contribution in [0.15, 0.2) is 34.7 Å². The van der Waals surface area contributed by atoms with Crippen molar-refractivity contribution in [2.75, 3.05) is 10.6 Å². The van der Waals surface area contributed by atoms with Gasteiger partial charge in [0, 0.05) is 23.0 Å². The smallest absolute Gasteiger partial charge is 0.319 e. The molecule has 0 bridgehead atoms. The van der Waals surface area contributed by atoms with Crippen molar-refractivity contribution in [3.05, 3.63) is 47.4 Å². The number of nitrogens with one attached hydrogen (secondary N) is 3. The molecule has 3 N–H and O–H groups in total. The average Bonchev–Trinajstić information content (AvgIpc) is 2.86. The van der Waals surface area contributed by atoms with Gasteiger partial charge in [-0.1, -0.05) is 0 Å². The lowest BCUT2D eigenvalue weighted by Crippen LogP contribution is -2.34. The molecule has 0 aliphatic rings. The molecule has 2 aromatic rings. The number of furan rings is 1. The van der Waals surface area contributed by atoms with E-state index in [9.17, 15) is 9.59 Å². The standard InChI is InChI=1S/C19H25N3O3/c1-11(2)20-19(24)22-16-8-6-15(7-9-16)21-18(23)13(4)17-10-12(3)25-14(17)5/h6-11,13H,1-5H3,(H,21,23)(H2,20,22,24)/t13-/m1/s1. The van der Waals surface area contributed by atoms with Crippen LogP contribution in [-0.2, 0) is 4.79 Å². The van der Waals surface area contributed by atoms with Crippen LogP contribution in [0, 0.1) is 13.8 Å². The van der Waals surface area contributed by atoms with Crippen LogP contribution in [0.1, 0.15) is 43.8 Å². The van der Waals surface area contributed by atoms with Crippen LogP contribution in [0.2, 0.25) is 0 Å². The monoisotopic (exact) mass is 343 g/mol. The van der Waals surface area contributed by atoms with E-state index in [0.29, 0.717) is 11.4 Å². The molecule has 0 unspecified atom stereocenters. The second-order valence-corrected chi connectivity index (χ2v) is 6.41. The Kier molecular flexibility index (Phi) is 5.85. The summed E-state index contributed by atoms with van der Waals surface area (Å²) < 4.78 is 5.49. The number of amides is 3. The zero-order chi connectivity index (χ0) is 18.6. The molecule has 25 heavy (non-hydrogen) atoms. The molecular formula is C19H25N3O3. The maximum Gasteiger partial charge on any atom is 0.319 e. The molecule has 1 atom stereocenters.